The zero-order valence-corrected chi connectivity index (χ0v) is 15.3. The predicted octanol–water partition coefficient (Wildman–Crippen LogP) is 5.91. The first-order valence-electron chi connectivity index (χ1n) is 9.19. The van der Waals surface area contributed by atoms with Crippen LogP contribution in [0.3, 0.4) is 0 Å². The highest BCUT2D eigenvalue weighted by Crippen LogP contribution is 2.42. The zero-order chi connectivity index (χ0) is 17.7. The second kappa shape index (κ2) is 8.23. The van der Waals surface area contributed by atoms with E-state index in [1.54, 1.807) is 12.1 Å². The van der Waals surface area contributed by atoms with Gasteiger partial charge < -0.3 is 10.2 Å². The second-order valence-electron chi connectivity index (χ2n) is 6.50. The quantitative estimate of drug-likeness (QED) is 0.664. The van der Waals surface area contributed by atoms with Crippen LogP contribution in [0.1, 0.15) is 74.6 Å². The van der Waals surface area contributed by atoms with E-state index < -0.39 is 0 Å². The van der Waals surface area contributed by atoms with Crippen LogP contribution >= 0.6 is 0 Å². The van der Waals surface area contributed by atoms with Gasteiger partial charge in [-0.05, 0) is 84.0 Å². The third-order valence-electron chi connectivity index (χ3n) is 5.18. The van der Waals surface area contributed by atoms with Crippen LogP contribution < -0.4 is 0 Å². The molecular weight excluding hydrogens is 296 g/mol. The molecule has 0 radical (unpaired) electrons. The van der Waals surface area contributed by atoms with E-state index in [4.69, 9.17) is 0 Å². The monoisotopic (exact) mass is 326 g/mol. The van der Waals surface area contributed by atoms with E-state index in [-0.39, 0.29) is 0 Å². The average Bonchev–Trinajstić information content (AvgIpc) is 2.60. The molecule has 0 aliphatic carbocycles. The Morgan fingerprint density at radius 2 is 1.04 bits per heavy atom. The fraction of sp³-hybridized carbons (Fsp3) is 0.455. The molecule has 0 bridgehead atoms. The first kappa shape index (κ1) is 18.4. The van der Waals surface area contributed by atoms with Gasteiger partial charge in [-0.25, -0.2) is 0 Å². The van der Waals surface area contributed by atoms with Crippen LogP contribution in [-0.4, -0.2) is 10.2 Å². The molecule has 0 heterocycles. The number of aromatic hydroxyl groups is 2. The van der Waals surface area contributed by atoms with Crippen molar-refractivity contribution in [2.75, 3.05) is 0 Å². The Hall–Kier alpha value is -1.96. The minimum atomic E-state index is 0.345. The second-order valence-corrected chi connectivity index (χ2v) is 6.50. The molecule has 2 nitrogen and oxygen atoms in total. The third-order valence-corrected chi connectivity index (χ3v) is 5.18. The Morgan fingerprint density at radius 1 is 0.667 bits per heavy atom. The van der Waals surface area contributed by atoms with Gasteiger partial charge in [-0.15, -0.1) is 0 Å². The summed E-state index contributed by atoms with van der Waals surface area (Å²) in [5.41, 5.74) is 5.16. The van der Waals surface area contributed by atoms with Crippen LogP contribution in [0.4, 0.5) is 0 Å². The molecule has 0 saturated carbocycles. The van der Waals surface area contributed by atoms with Gasteiger partial charge in [-0.3, -0.25) is 0 Å². The van der Waals surface area contributed by atoms with Crippen LogP contribution in [0.5, 0.6) is 11.5 Å². The lowest BCUT2D eigenvalue weighted by molar-refractivity contribution is 0.467. The topological polar surface area (TPSA) is 40.5 Å². The molecule has 0 aliphatic heterocycles. The summed E-state index contributed by atoms with van der Waals surface area (Å²) in [6.07, 6.45) is 3.96. The first-order chi connectivity index (χ1) is 11.5. The Kier molecular flexibility index (Phi) is 6.30. The number of phenols is 2. The van der Waals surface area contributed by atoms with Crippen molar-refractivity contribution in [2.45, 2.75) is 65.2 Å². The molecule has 2 aromatic rings. The Labute approximate surface area is 146 Å². The van der Waals surface area contributed by atoms with Gasteiger partial charge in [0, 0.05) is 0 Å². The Bertz CT molecular complexity index is 616. The first-order valence-corrected chi connectivity index (χ1v) is 9.19. The molecule has 2 unspecified atom stereocenters. The highest BCUT2D eigenvalue weighted by molar-refractivity contribution is 5.42. The van der Waals surface area contributed by atoms with E-state index >= 15 is 0 Å². The van der Waals surface area contributed by atoms with Crippen molar-refractivity contribution in [3.63, 3.8) is 0 Å². The smallest absolute Gasteiger partial charge is 0.115 e. The predicted molar refractivity (Wildman–Crippen MR) is 101 cm³/mol. The minimum absolute atomic E-state index is 0.345. The van der Waals surface area contributed by atoms with Crippen molar-refractivity contribution in [3.8, 4) is 11.5 Å². The number of aryl methyl sites for hydroxylation is 2. The van der Waals surface area contributed by atoms with Gasteiger partial charge in [0.25, 0.3) is 0 Å². The molecule has 2 N–H and O–H groups in total. The molecule has 130 valence electrons. The molecule has 0 aliphatic rings. The SMILES string of the molecule is CCc1cc(O)ccc1C(CC)C(CC)c1ccc(O)cc1CC. The maximum atomic E-state index is 9.82. The van der Waals surface area contributed by atoms with Gasteiger partial charge in [0.05, 0.1) is 0 Å². The van der Waals surface area contributed by atoms with Crippen molar-refractivity contribution in [1.82, 2.24) is 0 Å². The van der Waals surface area contributed by atoms with Gasteiger partial charge in [0.2, 0.25) is 0 Å². The summed E-state index contributed by atoms with van der Waals surface area (Å²) in [5, 5.41) is 19.6. The molecule has 0 fully saturated rings. The number of hydrogen-bond acceptors (Lipinski definition) is 2. The van der Waals surface area contributed by atoms with E-state index in [9.17, 15) is 10.2 Å². The van der Waals surface area contributed by atoms with Crippen molar-refractivity contribution < 1.29 is 10.2 Å². The normalized spacial score (nSPS) is 13.7. The molecule has 2 rings (SSSR count). The van der Waals surface area contributed by atoms with Crippen molar-refractivity contribution in [1.29, 1.82) is 0 Å². The fourth-order valence-electron chi connectivity index (χ4n) is 3.96. The third kappa shape index (κ3) is 3.75. The van der Waals surface area contributed by atoms with Crippen LogP contribution in [0.25, 0.3) is 0 Å². The Balaban J connectivity index is 2.51. The highest BCUT2D eigenvalue weighted by Gasteiger charge is 2.25. The van der Waals surface area contributed by atoms with Gasteiger partial charge in [0.15, 0.2) is 0 Å². The van der Waals surface area contributed by atoms with E-state index in [1.165, 1.54) is 22.3 Å². The van der Waals surface area contributed by atoms with Crippen molar-refractivity contribution >= 4 is 0 Å². The fourth-order valence-corrected chi connectivity index (χ4v) is 3.96. The van der Waals surface area contributed by atoms with E-state index in [2.05, 4.69) is 39.8 Å². The van der Waals surface area contributed by atoms with Crippen LogP contribution in [-0.2, 0) is 12.8 Å². The minimum Gasteiger partial charge on any atom is -0.508 e. The summed E-state index contributed by atoms with van der Waals surface area (Å²) in [5.74, 6) is 1.52. The van der Waals surface area contributed by atoms with Crippen molar-refractivity contribution in [3.05, 3.63) is 58.7 Å². The largest absolute Gasteiger partial charge is 0.508 e. The standard InChI is InChI=1S/C22H30O2/c1-5-15-13-17(23)9-11-21(15)19(7-3)20(8-4)22-12-10-18(24)14-16(22)6-2/h9-14,19-20,23-24H,5-8H2,1-4H3. The number of hydrogen-bond donors (Lipinski definition) is 2. The van der Waals surface area contributed by atoms with Crippen LogP contribution in [0.2, 0.25) is 0 Å². The van der Waals surface area contributed by atoms with Gasteiger partial charge in [-0.2, -0.15) is 0 Å². The van der Waals surface area contributed by atoms with E-state index in [1.807, 2.05) is 12.1 Å². The van der Waals surface area contributed by atoms with E-state index in [0.29, 0.717) is 23.3 Å². The molecular formula is C22H30O2. The molecule has 2 heteroatoms. The number of phenolic OH excluding ortho intramolecular Hbond substituents is 2. The summed E-state index contributed by atoms with van der Waals surface area (Å²) >= 11 is 0. The van der Waals surface area contributed by atoms with Gasteiger partial charge in [-0.1, -0.05) is 39.8 Å². The van der Waals surface area contributed by atoms with Gasteiger partial charge in [0.1, 0.15) is 11.5 Å². The maximum absolute atomic E-state index is 9.82. The lowest BCUT2D eigenvalue weighted by Gasteiger charge is -2.29. The molecule has 2 atom stereocenters. The van der Waals surface area contributed by atoms with E-state index in [0.717, 1.165) is 25.7 Å². The molecule has 0 aromatic heterocycles. The zero-order valence-electron chi connectivity index (χ0n) is 15.3. The molecule has 2 aromatic carbocycles. The summed E-state index contributed by atoms with van der Waals surface area (Å²) < 4.78 is 0. The molecule has 0 amide bonds. The average molecular weight is 326 g/mol. The number of benzene rings is 2. The molecule has 0 spiro atoms. The summed E-state index contributed by atoms with van der Waals surface area (Å²) in [7, 11) is 0. The lowest BCUT2D eigenvalue weighted by Crippen LogP contribution is -2.14. The molecule has 24 heavy (non-hydrogen) atoms. The number of rotatable bonds is 7. The summed E-state index contributed by atoms with van der Waals surface area (Å²) in [6, 6.07) is 11.6. The van der Waals surface area contributed by atoms with Gasteiger partial charge >= 0.3 is 0 Å². The Morgan fingerprint density at radius 3 is 1.33 bits per heavy atom. The van der Waals surface area contributed by atoms with Crippen LogP contribution in [0, 0.1) is 0 Å². The van der Waals surface area contributed by atoms with Crippen LogP contribution in [0.15, 0.2) is 36.4 Å². The maximum Gasteiger partial charge on any atom is 0.115 e. The summed E-state index contributed by atoms with van der Waals surface area (Å²) in [6.45, 7) is 8.77. The molecule has 0 saturated heterocycles. The summed E-state index contributed by atoms with van der Waals surface area (Å²) in [4.78, 5) is 0. The van der Waals surface area contributed by atoms with Crippen molar-refractivity contribution in [2.24, 2.45) is 0 Å². The lowest BCUT2D eigenvalue weighted by atomic mass is 9.75. The highest BCUT2D eigenvalue weighted by atomic mass is 16.3.